The minimum atomic E-state index is -0.765. The van der Waals surface area contributed by atoms with Crippen molar-refractivity contribution in [1.29, 1.82) is 0 Å². The molecule has 118 valence electrons. The average Bonchev–Trinajstić information content (AvgIpc) is 2.52. The van der Waals surface area contributed by atoms with Gasteiger partial charge in [0.05, 0.1) is 20.3 Å². The van der Waals surface area contributed by atoms with Crippen LogP contribution in [0.5, 0.6) is 5.75 Å². The minimum absolute atomic E-state index is 0.0709. The van der Waals surface area contributed by atoms with Gasteiger partial charge in [-0.2, -0.15) is 0 Å². The van der Waals surface area contributed by atoms with Crippen molar-refractivity contribution < 1.29 is 19.4 Å². The maximum Gasteiger partial charge on any atom is 0.325 e. The lowest BCUT2D eigenvalue weighted by atomic mass is 9.98. The summed E-state index contributed by atoms with van der Waals surface area (Å²) in [6, 6.07) is 7.31. The van der Waals surface area contributed by atoms with Crippen molar-refractivity contribution in [2.45, 2.75) is 38.8 Å². The van der Waals surface area contributed by atoms with Gasteiger partial charge in [0, 0.05) is 12.0 Å². The molecule has 1 unspecified atom stereocenters. The smallest absolute Gasteiger partial charge is 0.325 e. The van der Waals surface area contributed by atoms with Crippen LogP contribution in [0.1, 0.15) is 32.3 Å². The van der Waals surface area contributed by atoms with Gasteiger partial charge in [-0.15, -0.1) is 0 Å². The number of ether oxygens (including phenoxy) is 2. The molecular weight excluding hydrogens is 270 g/mol. The summed E-state index contributed by atoms with van der Waals surface area (Å²) < 4.78 is 10.6. The normalized spacial score (nSPS) is 13.5. The number of rotatable bonds is 9. The number of aliphatic hydroxyl groups excluding tert-OH is 1. The van der Waals surface area contributed by atoms with Gasteiger partial charge in [0.25, 0.3) is 0 Å². The van der Waals surface area contributed by atoms with Gasteiger partial charge in [-0.25, -0.2) is 0 Å². The molecule has 1 atom stereocenters. The Kier molecular flexibility index (Phi) is 7.19. The van der Waals surface area contributed by atoms with E-state index in [1.807, 2.05) is 32.0 Å². The number of benzene rings is 1. The lowest BCUT2D eigenvalue weighted by molar-refractivity contribution is -0.148. The number of hydrogen-bond acceptors (Lipinski definition) is 5. The van der Waals surface area contributed by atoms with E-state index in [0.717, 1.165) is 18.5 Å². The fourth-order valence-corrected chi connectivity index (χ4v) is 2.03. The zero-order valence-corrected chi connectivity index (χ0v) is 13.0. The fraction of sp³-hybridized carbons (Fsp3) is 0.562. The molecule has 1 rings (SSSR count). The molecule has 0 aromatic heterocycles. The molecule has 0 saturated carbocycles. The average molecular weight is 295 g/mol. The highest BCUT2D eigenvalue weighted by Crippen LogP contribution is 2.19. The van der Waals surface area contributed by atoms with Crippen molar-refractivity contribution in [3.63, 3.8) is 0 Å². The summed E-state index contributed by atoms with van der Waals surface area (Å²) in [5.74, 6) is 0.345. The predicted molar refractivity (Wildman–Crippen MR) is 81.2 cm³/mol. The van der Waals surface area contributed by atoms with Crippen LogP contribution in [0.4, 0.5) is 0 Å². The van der Waals surface area contributed by atoms with E-state index >= 15 is 0 Å². The molecule has 1 aromatic carbocycles. The quantitative estimate of drug-likeness (QED) is 0.681. The van der Waals surface area contributed by atoms with Crippen LogP contribution in [0.3, 0.4) is 0 Å². The lowest BCUT2D eigenvalue weighted by Crippen LogP contribution is -2.51. The zero-order valence-electron chi connectivity index (χ0n) is 13.0. The van der Waals surface area contributed by atoms with Crippen molar-refractivity contribution >= 4 is 5.97 Å². The lowest BCUT2D eigenvalue weighted by Gasteiger charge is -2.28. The maximum atomic E-state index is 11.9. The molecule has 0 fully saturated rings. The second-order valence-corrected chi connectivity index (χ2v) is 5.11. The van der Waals surface area contributed by atoms with Gasteiger partial charge in [0.15, 0.2) is 0 Å². The van der Waals surface area contributed by atoms with Crippen LogP contribution in [-0.4, -0.2) is 36.9 Å². The molecule has 0 radical (unpaired) electrons. The number of carbonyl (C=O) groups excluding carboxylic acids is 1. The Hall–Kier alpha value is -1.59. The van der Waals surface area contributed by atoms with Gasteiger partial charge in [0.1, 0.15) is 11.3 Å². The fourth-order valence-electron chi connectivity index (χ4n) is 2.03. The van der Waals surface area contributed by atoms with Crippen LogP contribution >= 0.6 is 0 Å². The summed E-state index contributed by atoms with van der Waals surface area (Å²) >= 11 is 0. The first kappa shape index (κ1) is 17.5. The first-order valence-corrected chi connectivity index (χ1v) is 7.22. The summed E-state index contributed by atoms with van der Waals surface area (Å²) in [6.45, 7) is 4.88. The molecule has 5 heteroatoms. The summed E-state index contributed by atoms with van der Waals surface area (Å²) in [5.41, 5.74) is -0.0300. The van der Waals surface area contributed by atoms with E-state index in [1.165, 1.54) is 7.11 Å². The number of aliphatic hydroxyl groups is 1. The van der Waals surface area contributed by atoms with Gasteiger partial charge < -0.3 is 19.9 Å². The number of para-hydroxylation sites is 1. The SMILES string of the molecule is CCCNC(C)(CCOc1ccccc1CO)C(=O)OC. The second kappa shape index (κ2) is 8.64. The Balaban J connectivity index is 2.63. The molecule has 0 saturated heterocycles. The van der Waals surface area contributed by atoms with Gasteiger partial charge >= 0.3 is 5.97 Å². The molecule has 0 bridgehead atoms. The van der Waals surface area contributed by atoms with E-state index in [0.29, 0.717) is 18.8 Å². The summed E-state index contributed by atoms with van der Waals surface area (Å²) in [5, 5.41) is 12.5. The van der Waals surface area contributed by atoms with Crippen LogP contribution in [0, 0.1) is 0 Å². The standard InChI is InChI=1S/C16H25NO4/c1-4-10-17-16(2,15(19)20-3)9-11-21-14-8-6-5-7-13(14)12-18/h5-8,17-18H,4,9-12H2,1-3H3. The third kappa shape index (κ3) is 5.02. The van der Waals surface area contributed by atoms with E-state index in [4.69, 9.17) is 9.47 Å². The summed E-state index contributed by atoms with van der Waals surface area (Å²) in [7, 11) is 1.39. The monoisotopic (exact) mass is 295 g/mol. The number of methoxy groups -OCH3 is 1. The Bertz CT molecular complexity index is 450. The molecule has 2 N–H and O–H groups in total. The zero-order chi connectivity index (χ0) is 15.7. The number of esters is 1. The highest BCUT2D eigenvalue weighted by molar-refractivity contribution is 5.80. The van der Waals surface area contributed by atoms with Crippen molar-refractivity contribution in [2.75, 3.05) is 20.3 Å². The van der Waals surface area contributed by atoms with E-state index in [-0.39, 0.29) is 12.6 Å². The molecule has 1 aromatic rings. The van der Waals surface area contributed by atoms with E-state index < -0.39 is 5.54 Å². The van der Waals surface area contributed by atoms with Crippen LogP contribution in [0.15, 0.2) is 24.3 Å². The van der Waals surface area contributed by atoms with E-state index in [2.05, 4.69) is 5.32 Å². The topological polar surface area (TPSA) is 67.8 Å². The van der Waals surface area contributed by atoms with Crippen LogP contribution in [0.25, 0.3) is 0 Å². The highest BCUT2D eigenvalue weighted by Gasteiger charge is 2.33. The third-order valence-corrected chi connectivity index (χ3v) is 3.40. The van der Waals surface area contributed by atoms with Gasteiger partial charge in [-0.1, -0.05) is 25.1 Å². The second-order valence-electron chi connectivity index (χ2n) is 5.11. The van der Waals surface area contributed by atoms with Crippen molar-refractivity contribution in [2.24, 2.45) is 0 Å². The Morgan fingerprint density at radius 1 is 1.38 bits per heavy atom. The van der Waals surface area contributed by atoms with Crippen molar-refractivity contribution in [1.82, 2.24) is 5.32 Å². The molecule has 0 amide bonds. The molecule has 0 aliphatic carbocycles. The minimum Gasteiger partial charge on any atom is -0.493 e. The molecule has 0 aliphatic heterocycles. The van der Waals surface area contributed by atoms with Gasteiger partial charge in [0.2, 0.25) is 0 Å². The molecule has 5 nitrogen and oxygen atoms in total. The Morgan fingerprint density at radius 3 is 2.71 bits per heavy atom. The number of nitrogens with one attached hydrogen (secondary N) is 1. The highest BCUT2D eigenvalue weighted by atomic mass is 16.5. The molecule has 0 aliphatic rings. The van der Waals surface area contributed by atoms with Gasteiger partial charge in [-0.3, -0.25) is 4.79 Å². The van der Waals surface area contributed by atoms with Crippen molar-refractivity contribution in [3.05, 3.63) is 29.8 Å². The van der Waals surface area contributed by atoms with Crippen molar-refractivity contribution in [3.8, 4) is 5.75 Å². The van der Waals surface area contributed by atoms with E-state index in [1.54, 1.807) is 6.07 Å². The third-order valence-electron chi connectivity index (χ3n) is 3.40. The van der Waals surface area contributed by atoms with Crippen LogP contribution < -0.4 is 10.1 Å². The predicted octanol–water partition coefficient (Wildman–Crippen LogP) is 1.88. The largest absolute Gasteiger partial charge is 0.493 e. The molecular formula is C16H25NO4. The van der Waals surface area contributed by atoms with Crippen LogP contribution in [-0.2, 0) is 16.1 Å². The molecule has 0 spiro atoms. The first-order chi connectivity index (χ1) is 10.1. The summed E-state index contributed by atoms with van der Waals surface area (Å²) in [6.07, 6.45) is 1.42. The Labute approximate surface area is 126 Å². The molecule has 21 heavy (non-hydrogen) atoms. The number of carbonyl (C=O) groups is 1. The summed E-state index contributed by atoms with van der Waals surface area (Å²) in [4.78, 5) is 11.9. The Morgan fingerprint density at radius 2 is 2.10 bits per heavy atom. The van der Waals surface area contributed by atoms with E-state index in [9.17, 15) is 9.90 Å². The molecule has 0 heterocycles. The number of hydrogen-bond donors (Lipinski definition) is 2. The van der Waals surface area contributed by atoms with Gasteiger partial charge in [-0.05, 0) is 26.0 Å². The first-order valence-electron chi connectivity index (χ1n) is 7.22. The maximum absolute atomic E-state index is 11.9. The van der Waals surface area contributed by atoms with Crippen LogP contribution in [0.2, 0.25) is 0 Å².